The second kappa shape index (κ2) is 7.61. The summed E-state index contributed by atoms with van der Waals surface area (Å²) in [4.78, 5) is 23.2. The van der Waals surface area contributed by atoms with Gasteiger partial charge in [-0.1, -0.05) is 29.8 Å². The van der Waals surface area contributed by atoms with E-state index in [0.29, 0.717) is 31.6 Å². The Labute approximate surface area is 162 Å². The van der Waals surface area contributed by atoms with E-state index in [4.69, 9.17) is 9.68 Å². The van der Waals surface area contributed by atoms with Crippen molar-refractivity contribution >= 4 is 17.5 Å². The molecule has 2 aliphatic heterocycles. The molecule has 0 bridgehead atoms. The Morgan fingerprint density at radius 3 is 2.50 bits per heavy atom. The van der Waals surface area contributed by atoms with Crippen molar-refractivity contribution in [2.75, 3.05) is 18.4 Å². The number of carbonyl (C=O) groups excluding carboxylic acids is 1. The fourth-order valence-corrected chi connectivity index (χ4v) is 3.35. The number of aryl methyl sites for hydroxylation is 1. The molecule has 6 nitrogen and oxygen atoms in total. The SMILES string of the molecule is Cc1ccc(C2=CC3(CCN(OC(=O)Nc4ccc(F)cc4)CC3)ON2)cc1. The monoisotopic (exact) mass is 383 g/mol. The Bertz CT molecular complexity index is 873. The predicted molar refractivity (Wildman–Crippen MR) is 103 cm³/mol. The number of halogens is 1. The van der Waals surface area contributed by atoms with E-state index < -0.39 is 11.7 Å². The number of hydroxylamine groups is 3. The number of anilines is 1. The van der Waals surface area contributed by atoms with Crippen LogP contribution in [-0.4, -0.2) is 29.8 Å². The predicted octanol–water partition coefficient (Wildman–Crippen LogP) is 4.01. The largest absolute Gasteiger partial charge is 0.430 e. The van der Waals surface area contributed by atoms with Crippen molar-refractivity contribution in [1.29, 1.82) is 0 Å². The standard InChI is InChI=1S/C21H22FN3O3/c1-15-2-4-16(5-3-15)19-14-21(28-24-19)10-12-25(13-11-21)27-20(26)23-18-8-6-17(22)7-9-18/h2-9,14,24H,10-13H2,1H3,(H,23,26). The van der Waals surface area contributed by atoms with E-state index in [1.54, 1.807) is 5.06 Å². The molecule has 2 aromatic rings. The van der Waals surface area contributed by atoms with Gasteiger partial charge < -0.3 is 4.84 Å². The molecule has 146 valence electrons. The summed E-state index contributed by atoms with van der Waals surface area (Å²) in [6, 6.07) is 13.8. The quantitative estimate of drug-likeness (QED) is 0.839. The molecule has 0 saturated carbocycles. The highest BCUT2D eigenvalue weighted by Gasteiger charge is 2.39. The molecule has 2 heterocycles. The first-order valence-corrected chi connectivity index (χ1v) is 9.25. The van der Waals surface area contributed by atoms with Crippen LogP contribution in [0.2, 0.25) is 0 Å². The van der Waals surface area contributed by atoms with Crippen LogP contribution in [0.25, 0.3) is 5.70 Å². The zero-order chi connectivity index (χ0) is 19.6. The molecule has 28 heavy (non-hydrogen) atoms. The smallest absolute Gasteiger partial charge is 0.351 e. The highest BCUT2D eigenvalue weighted by molar-refractivity contribution is 5.84. The number of hydrogen-bond acceptors (Lipinski definition) is 5. The summed E-state index contributed by atoms with van der Waals surface area (Å²) in [7, 11) is 0. The number of nitrogens with one attached hydrogen (secondary N) is 2. The van der Waals surface area contributed by atoms with E-state index in [-0.39, 0.29) is 5.82 Å². The summed E-state index contributed by atoms with van der Waals surface area (Å²) in [5.41, 5.74) is 6.38. The minimum absolute atomic E-state index is 0.358. The minimum Gasteiger partial charge on any atom is -0.351 e. The Balaban J connectivity index is 1.31. The van der Waals surface area contributed by atoms with E-state index in [1.165, 1.54) is 29.8 Å². The van der Waals surface area contributed by atoms with E-state index in [2.05, 4.69) is 48.1 Å². The molecule has 0 unspecified atom stereocenters. The molecular formula is C21H22FN3O3. The summed E-state index contributed by atoms with van der Waals surface area (Å²) in [6.45, 7) is 3.16. The van der Waals surface area contributed by atoms with Crippen LogP contribution in [0.1, 0.15) is 24.0 Å². The number of benzene rings is 2. The molecule has 1 saturated heterocycles. The lowest BCUT2D eigenvalue weighted by Gasteiger charge is -2.35. The number of hydrogen-bond donors (Lipinski definition) is 2. The van der Waals surface area contributed by atoms with Crippen molar-refractivity contribution in [3.63, 3.8) is 0 Å². The highest BCUT2D eigenvalue weighted by Crippen LogP contribution is 2.34. The van der Waals surface area contributed by atoms with Crippen molar-refractivity contribution in [3.8, 4) is 0 Å². The van der Waals surface area contributed by atoms with E-state index in [0.717, 1.165) is 11.3 Å². The maximum Gasteiger partial charge on any atom is 0.430 e. The van der Waals surface area contributed by atoms with Gasteiger partial charge in [0.15, 0.2) is 0 Å². The average Bonchev–Trinajstić information content (AvgIpc) is 3.10. The lowest BCUT2D eigenvalue weighted by Crippen LogP contribution is -2.45. The maximum atomic E-state index is 12.9. The lowest BCUT2D eigenvalue weighted by atomic mass is 9.91. The molecule has 0 radical (unpaired) electrons. The van der Waals surface area contributed by atoms with Crippen LogP contribution >= 0.6 is 0 Å². The van der Waals surface area contributed by atoms with Gasteiger partial charge in [-0.25, -0.2) is 9.18 Å². The molecule has 0 aromatic heterocycles. The van der Waals surface area contributed by atoms with Crippen molar-refractivity contribution in [3.05, 3.63) is 71.6 Å². The number of amides is 1. The Hall–Kier alpha value is -2.90. The minimum atomic E-state index is -0.594. The topological polar surface area (TPSA) is 62.8 Å². The summed E-state index contributed by atoms with van der Waals surface area (Å²) in [5, 5.41) is 4.20. The van der Waals surface area contributed by atoms with Gasteiger partial charge in [-0.2, -0.15) is 0 Å². The third kappa shape index (κ3) is 4.16. The number of piperidine rings is 1. The van der Waals surface area contributed by atoms with Gasteiger partial charge in [0.25, 0.3) is 0 Å². The van der Waals surface area contributed by atoms with Gasteiger partial charge in [-0.15, -0.1) is 5.06 Å². The molecule has 2 aliphatic rings. The molecule has 1 amide bonds. The molecule has 2 aromatic carbocycles. The number of rotatable bonds is 3. The van der Waals surface area contributed by atoms with Crippen molar-refractivity contribution < 1.29 is 18.9 Å². The van der Waals surface area contributed by atoms with Crippen molar-refractivity contribution in [2.24, 2.45) is 0 Å². The molecule has 0 atom stereocenters. The summed E-state index contributed by atoms with van der Waals surface area (Å²) in [6.07, 6.45) is 2.91. The van der Waals surface area contributed by atoms with Gasteiger partial charge in [0.2, 0.25) is 0 Å². The van der Waals surface area contributed by atoms with Crippen LogP contribution in [0.4, 0.5) is 14.9 Å². The van der Waals surface area contributed by atoms with Crippen molar-refractivity contribution in [1.82, 2.24) is 10.5 Å². The summed E-state index contributed by atoms with van der Waals surface area (Å²) in [5.74, 6) is -0.358. The fraction of sp³-hybridized carbons (Fsp3) is 0.286. The molecular weight excluding hydrogens is 361 g/mol. The fourth-order valence-electron chi connectivity index (χ4n) is 3.35. The normalized spacial score (nSPS) is 18.4. The van der Waals surface area contributed by atoms with Gasteiger partial charge in [0, 0.05) is 18.8 Å². The molecule has 1 fully saturated rings. The van der Waals surface area contributed by atoms with Gasteiger partial charge in [0.1, 0.15) is 11.4 Å². The summed E-state index contributed by atoms with van der Waals surface area (Å²) >= 11 is 0. The first-order chi connectivity index (χ1) is 13.5. The number of nitrogens with zero attached hydrogens (tertiary/aromatic N) is 1. The first kappa shape index (κ1) is 18.5. The zero-order valence-corrected chi connectivity index (χ0v) is 15.6. The Kier molecular flexibility index (Phi) is 5.02. The molecule has 0 aliphatic carbocycles. The molecule has 4 rings (SSSR count). The van der Waals surface area contributed by atoms with Crippen LogP contribution < -0.4 is 10.8 Å². The van der Waals surface area contributed by atoms with E-state index in [1.807, 2.05) is 0 Å². The summed E-state index contributed by atoms with van der Waals surface area (Å²) < 4.78 is 12.9. The Morgan fingerprint density at radius 1 is 1.14 bits per heavy atom. The van der Waals surface area contributed by atoms with Crippen LogP contribution in [0, 0.1) is 12.7 Å². The van der Waals surface area contributed by atoms with Gasteiger partial charge in [-0.05, 0) is 55.7 Å². The highest BCUT2D eigenvalue weighted by atomic mass is 19.1. The molecule has 2 N–H and O–H groups in total. The van der Waals surface area contributed by atoms with Gasteiger partial charge in [-0.3, -0.25) is 15.6 Å². The average molecular weight is 383 g/mol. The zero-order valence-electron chi connectivity index (χ0n) is 15.6. The van der Waals surface area contributed by atoms with Crippen LogP contribution in [0.3, 0.4) is 0 Å². The first-order valence-electron chi connectivity index (χ1n) is 9.25. The second-order valence-electron chi connectivity index (χ2n) is 7.13. The molecule has 7 heteroatoms. The van der Waals surface area contributed by atoms with E-state index in [9.17, 15) is 9.18 Å². The van der Waals surface area contributed by atoms with Crippen LogP contribution in [0.5, 0.6) is 0 Å². The van der Waals surface area contributed by atoms with E-state index >= 15 is 0 Å². The van der Waals surface area contributed by atoms with Crippen molar-refractivity contribution in [2.45, 2.75) is 25.4 Å². The third-order valence-electron chi connectivity index (χ3n) is 5.01. The van der Waals surface area contributed by atoms with Crippen LogP contribution in [-0.2, 0) is 9.68 Å². The Morgan fingerprint density at radius 2 is 1.82 bits per heavy atom. The second-order valence-corrected chi connectivity index (χ2v) is 7.13. The maximum absolute atomic E-state index is 12.9. The molecule has 1 spiro atoms. The van der Waals surface area contributed by atoms with Crippen LogP contribution in [0.15, 0.2) is 54.6 Å². The number of carbonyl (C=O) groups is 1. The third-order valence-corrected chi connectivity index (χ3v) is 5.01. The van der Waals surface area contributed by atoms with Gasteiger partial charge in [0.05, 0.1) is 5.70 Å². The van der Waals surface area contributed by atoms with Gasteiger partial charge >= 0.3 is 6.09 Å². The lowest BCUT2D eigenvalue weighted by molar-refractivity contribution is -0.153.